The Hall–Kier alpha value is -1.53. The van der Waals surface area contributed by atoms with Crippen LogP contribution in [0.3, 0.4) is 0 Å². The van der Waals surface area contributed by atoms with E-state index in [1.54, 1.807) is 0 Å². The van der Waals surface area contributed by atoms with Crippen molar-refractivity contribution in [3.63, 3.8) is 0 Å². The van der Waals surface area contributed by atoms with Crippen LogP contribution < -0.4 is 5.32 Å². The molecule has 17 N–H and O–H groups in total. The van der Waals surface area contributed by atoms with Gasteiger partial charge in [-0.3, -0.25) is 4.79 Å². The van der Waals surface area contributed by atoms with E-state index in [4.69, 9.17) is 42.6 Å². The third kappa shape index (κ3) is 10.2. The average molecular weight is 870 g/mol. The second-order valence-electron chi connectivity index (χ2n) is 14.7. The lowest BCUT2D eigenvalue weighted by atomic mass is 9.94. The molecule has 27 heteroatoms. The van der Waals surface area contributed by atoms with Gasteiger partial charge in [0.25, 0.3) is 0 Å². The van der Waals surface area contributed by atoms with Gasteiger partial charge < -0.3 is 130 Å². The Balaban J connectivity index is 1.35. The number of carbonyl (C=O) groups excluding carboxylic acids is 1. The zero-order valence-electron chi connectivity index (χ0n) is 31.2. The van der Waals surface area contributed by atoms with E-state index in [1.165, 1.54) is 0 Å². The first-order chi connectivity index (χ1) is 27.9. The molecular formula is C32H55NO26. The number of nitrogens with one attached hydrogen (secondary N) is 1. The summed E-state index contributed by atoms with van der Waals surface area (Å²) in [6.45, 7) is -3.56. The van der Waals surface area contributed by atoms with Gasteiger partial charge in [-0.1, -0.05) is 0 Å². The molecule has 5 rings (SSSR count). The van der Waals surface area contributed by atoms with E-state index in [2.05, 4.69) is 5.32 Å². The standard InChI is InChI=1S/C32H55NO26/c1-7(39)33-13-18(44)14(40)8(2-34)52-29(13)57-25-15(41)9(3-35)54-31(21(25)47)59-27-17(43)11(5-37)55-32(23(27)49)58-26-16(42)10(4-36)53-30(22(26)48)56-24-12(6-38)51-28(50)20(46)19(24)45/h8-32,34-38,40-50H,2-6H2,1H3,(H,33,39)/t8-,9-,10-,11-,12-,13-,14+,15+,16+,17+,18-,19-,20-,21-,22-,23-,24-,25+,26+,27+,28-,29+,30+,31-,32-/m1/s1. The van der Waals surface area contributed by atoms with Crippen LogP contribution in [0.25, 0.3) is 0 Å². The molecule has 59 heavy (non-hydrogen) atoms. The summed E-state index contributed by atoms with van der Waals surface area (Å²) in [5.74, 6) is -0.731. The summed E-state index contributed by atoms with van der Waals surface area (Å²) in [6, 6.07) is -1.55. The minimum absolute atomic E-state index is 0.731. The number of carbonyl (C=O) groups is 1. The maximum atomic E-state index is 11.9. The van der Waals surface area contributed by atoms with Crippen molar-refractivity contribution in [3.05, 3.63) is 0 Å². The minimum atomic E-state index is -2.19. The molecule has 0 saturated carbocycles. The lowest BCUT2D eigenvalue weighted by Crippen LogP contribution is -2.69. The van der Waals surface area contributed by atoms with Gasteiger partial charge in [-0.15, -0.1) is 0 Å². The van der Waals surface area contributed by atoms with Crippen LogP contribution in [0.1, 0.15) is 6.92 Å². The molecule has 0 aromatic carbocycles. The van der Waals surface area contributed by atoms with Crippen molar-refractivity contribution in [3.8, 4) is 0 Å². The summed E-state index contributed by atoms with van der Waals surface area (Å²) in [6.07, 6.45) is -44.9. The molecule has 0 bridgehead atoms. The highest BCUT2D eigenvalue weighted by atomic mass is 16.8. The Morgan fingerprint density at radius 3 is 1.12 bits per heavy atom. The summed E-state index contributed by atoms with van der Waals surface area (Å²) in [7, 11) is 0. The fourth-order valence-electron chi connectivity index (χ4n) is 7.42. The molecule has 1 amide bonds. The first kappa shape index (κ1) is 48.5. The molecule has 25 atom stereocenters. The quantitative estimate of drug-likeness (QED) is 0.0770. The molecular weight excluding hydrogens is 814 g/mol. The highest BCUT2D eigenvalue weighted by molar-refractivity contribution is 5.73. The molecule has 5 aliphatic rings. The van der Waals surface area contributed by atoms with Crippen LogP contribution in [-0.2, 0) is 47.4 Å². The second kappa shape index (κ2) is 20.8. The highest BCUT2D eigenvalue weighted by Gasteiger charge is 2.57. The first-order valence-electron chi connectivity index (χ1n) is 18.6. The molecule has 344 valence electrons. The Bertz CT molecular complexity index is 1320. The van der Waals surface area contributed by atoms with Crippen LogP contribution in [0.2, 0.25) is 0 Å². The number of aliphatic hydroxyl groups excluding tert-OH is 16. The van der Waals surface area contributed by atoms with Crippen molar-refractivity contribution < 1.29 is 129 Å². The van der Waals surface area contributed by atoms with E-state index in [-0.39, 0.29) is 0 Å². The van der Waals surface area contributed by atoms with E-state index < -0.39 is 192 Å². The van der Waals surface area contributed by atoms with Crippen molar-refractivity contribution in [1.82, 2.24) is 5.32 Å². The third-order valence-corrected chi connectivity index (χ3v) is 10.7. The summed E-state index contributed by atoms with van der Waals surface area (Å²) >= 11 is 0. The fourth-order valence-corrected chi connectivity index (χ4v) is 7.42. The van der Waals surface area contributed by atoms with Crippen LogP contribution in [0.15, 0.2) is 0 Å². The SMILES string of the molecule is CC(=O)N[C@H]1[C@H](O[C@H]2[C@@H](O)[C@@H](CO)O[C@H](O[C@H]3[C@@H](O)[C@@H](CO)O[C@H](O[C@H]4[C@@H](O)[C@@H](CO)O[C@@H](O[C@H]5[C@H](O)[C@@H](O)[C@H](O)O[C@@H]5CO)[C@@H]4O)[C@@H]3O)[C@@H]2O)O[C@H](CO)[C@H](O)[C@@H]1O. The third-order valence-electron chi connectivity index (χ3n) is 10.7. The number of amides is 1. The van der Waals surface area contributed by atoms with Crippen molar-refractivity contribution in [1.29, 1.82) is 0 Å². The normalized spacial score (nSPS) is 51.0. The average Bonchev–Trinajstić information content (AvgIpc) is 3.21. The van der Waals surface area contributed by atoms with Crippen LogP contribution in [0.5, 0.6) is 0 Å². The Labute approximate surface area is 333 Å². The molecule has 0 radical (unpaired) electrons. The molecule has 0 aromatic heterocycles. The van der Waals surface area contributed by atoms with Crippen molar-refractivity contribution in [2.24, 2.45) is 0 Å². The number of rotatable bonds is 14. The summed E-state index contributed by atoms with van der Waals surface area (Å²) in [5.41, 5.74) is 0. The van der Waals surface area contributed by atoms with Gasteiger partial charge in [0.1, 0.15) is 122 Å². The van der Waals surface area contributed by atoms with Crippen LogP contribution in [-0.4, -0.2) is 274 Å². The van der Waals surface area contributed by atoms with Gasteiger partial charge in [-0.2, -0.15) is 0 Å². The van der Waals surface area contributed by atoms with Gasteiger partial charge in [-0.05, 0) is 0 Å². The summed E-state index contributed by atoms with van der Waals surface area (Å²) < 4.78 is 49.8. The molecule has 27 nitrogen and oxygen atoms in total. The number of hydrogen-bond donors (Lipinski definition) is 17. The fraction of sp³-hybridized carbons (Fsp3) is 0.969. The van der Waals surface area contributed by atoms with Gasteiger partial charge in [0, 0.05) is 6.92 Å². The largest absolute Gasteiger partial charge is 0.394 e. The first-order valence-corrected chi connectivity index (χ1v) is 18.6. The summed E-state index contributed by atoms with van der Waals surface area (Å²) in [5, 5.41) is 171. The predicted octanol–water partition coefficient (Wildman–Crippen LogP) is -11.8. The van der Waals surface area contributed by atoms with Gasteiger partial charge in [0.05, 0.1) is 33.0 Å². The molecule has 0 aromatic rings. The van der Waals surface area contributed by atoms with Crippen LogP contribution in [0, 0.1) is 0 Å². The molecule has 5 aliphatic heterocycles. The predicted molar refractivity (Wildman–Crippen MR) is 178 cm³/mol. The lowest BCUT2D eigenvalue weighted by Gasteiger charge is -2.50. The van der Waals surface area contributed by atoms with Gasteiger partial charge in [0.2, 0.25) is 5.91 Å². The highest BCUT2D eigenvalue weighted by Crippen LogP contribution is 2.35. The van der Waals surface area contributed by atoms with Gasteiger partial charge in [0.15, 0.2) is 31.5 Å². The minimum Gasteiger partial charge on any atom is -0.394 e. The van der Waals surface area contributed by atoms with Gasteiger partial charge >= 0.3 is 0 Å². The van der Waals surface area contributed by atoms with E-state index >= 15 is 0 Å². The van der Waals surface area contributed by atoms with Gasteiger partial charge in [-0.25, -0.2) is 0 Å². The van der Waals surface area contributed by atoms with Crippen molar-refractivity contribution >= 4 is 5.91 Å². The molecule has 5 saturated heterocycles. The molecule has 5 fully saturated rings. The Kier molecular flexibility index (Phi) is 17.1. The topological polar surface area (TPSA) is 436 Å². The van der Waals surface area contributed by atoms with E-state index in [1.807, 2.05) is 0 Å². The summed E-state index contributed by atoms with van der Waals surface area (Å²) in [4.78, 5) is 11.9. The maximum absolute atomic E-state index is 11.9. The van der Waals surface area contributed by atoms with E-state index in [9.17, 15) is 86.5 Å². The van der Waals surface area contributed by atoms with Crippen LogP contribution >= 0.6 is 0 Å². The second-order valence-corrected chi connectivity index (χ2v) is 14.7. The van der Waals surface area contributed by atoms with Crippen molar-refractivity contribution in [2.45, 2.75) is 160 Å². The maximum Gasteiger partial charge on any atom is 0.217 e. The van der Waals surface area contributed by atoms with E-state index in [0.717, 1.165) is 6.92 Å². The smallest absolute Gasteiger partial charge is 0.217 e. The molecule has 5 heterocycles. The zero-order chi connectivity index (χ0) is 43.6. The Morgan fingerprint density at radius 2 is 0.746 bits per heavy atom. The lowest BCUT2D eigenvalue weighted by molar-refractivity contribution is -0.393. The van der Waals surface area contributed by atoms with Crippen LogP contribution in [0.4, 0.5) is 0 Å². The molecule has 0 spiro atoms. The monoisotopic (exact) mass is 869 g/mol. The van der Waals surface area contributed by atoms with Crippen molar-refractivity contribution in [2.75, 3.05) is 33.0 Å². The number of aliphatic hydroxyl groups is 16. The number of hydrogen-bond acceptors (Lipinski definition) is 26. The number of ether oxygens (including phenoxy) is 9. The molecule has 0 unspecified atom stereocenters. The molecule has 0 aliphatic carbocycles. The Morgan fingerprint density at radius 1 is 0.407 bits per heavy atom. The zero-order valence-corrected chi connectivity index (χ0v) is 31.2. The van der Waals surface area contributed by atoms with E-state index in [0.29, 0.717) is 0 Å².